The van der Waals surface area contributed by atoms with Gasteiger partial charge in [0.25, 0.3) is 0 Å². The van der Waals surface area contributed by atoms with Crippen molar-refractivity contribution < 1.29 is 0 Å². The SMILES string of the molecule is NC1(c2nncn2C2CCCCC2)CCC1. The summed E-state index contributed by atoms with van der Waals surface area (Å²) in [5.74, 6) is 1.03. The summed E-state index contributed by atoms with van der Waals surface area (Å²) in [5, 5.41) is 8.35. The summed E-state index contributed by atoms with van der Waals surface area (Å²) >= 11 is 0. The standard InChI is InChI=1S/C12H20N4/c13-12(7-4-8-12)11-15-14-9-16(11)10-5-2-1-3-6-10/h9-10H,1-8,13H2. The minimum Gasteiger partial charge on any atom is -0.319 e. The van der Waals surface area contributed by atoms with Crippen molar-refractivity contribution in [3.8, 4) is 0 Å². The number of nitrogens with two attached hydrogens (primary N) is 1. The molecule has 0 aromatic carbocycles. The fourth-order valence-electron chi connectivity index (χ4n) is 3.01. The highest BCUT2D eigenvalue weighted by molar-refractivity contribution is 5.11. The van der Waals surface area contributed by atoms with Crippen molar-refractivity contribution in [2.24, 2.45) is 5.73 Å². The zero-order valence-corrected chi connectivity index (χ0v) is 9.73. The predicted octanol–water partition coefficient (Wildman–Crippen LogP) is 2.12. The highest BCUT2D eigenvalue weighted by Gasteiger charge is 2.39. The lowest BCUT2D eigenvalue weighted by molar-refractivity contribution is 0.216. The van der Waals surface area contributed by atoms with Gasteiger partial charge in [-0.1, -0.05) is 19.3 Å². The van der Waals surface area contributed by atoms with Crippen LogP contribution in [0.15, 0.2) is 6.33 Å². The number of aromatic nitrogens is 3. The molecule has 2 aliphatic rings. The summed E-state index contributed by atoms with van der Waals surface area (Å²) in [6.45, 7) is 0. The molecule has 4 heteroatoms. The van der Waals surface area contributed by atoms with E-state index in [-0.39, 0.29) is 5.54 Å². The van der Waals surface area contributed by atoms with Crippen LogP contribution in [0.1, 0.15) is 63.2 Å². The highest BCUT2D eigenvalue weighted by atomic mass is 15.3. The van der Waals surface area contributed by atoms with Gasteiger partial charge in [-0.25, -0.2) is 0 Å². The van der Waals surface area contributed by atoms with Gasteiger partial charge in [0.15, 0.2) is 5.82 Å². The molecule has 2 aliphatic carbocycles. The Hall–Kier alpha value is -0.900. The van der Waals surface area contributed by atoms with Crippen LogP contribution in [0.5, 0.6) is 0 Å². The Kier molecular flexibility index (Phi) is 2.46. The van der Waals surface area contributed by atoms with Gasteiger partial charge in [-0.15, -0.1) is 10.2 Å². The maximum Gasteiger partial charge on any atom is 0.153 e. The molecule has 0 amide bonds. The summed E-state index contributed by atoms with van der Waals surface area (Å²) in [5.41, 5.74) is 6.18. The molecule has 16 heavy (non-hydrogen) atoms. The first-order valence-corrected chi connectivity index (χ1v) is 6.48. The Morgan fingerprint density at radius 1 is 1.19 bits per heavy atom. The van der Waals surface area contributed by atoms with Crippen molar-refractivity contribution in [1.82, 2.24) is 14.8 Å². The Morgan fingerprint density at radius 3 is 2.56 bits per heavy atom. The highest BCUT2D eigenvalue weighted by Crippen LogP contribution is 2.39. The van der Waals surface area contributed by atoms with Crippen molar-refractivity contribution in [2.75, 3.05) is 0 Å². The molecule has 2 N–H and O–H groups in total. The van der Waals surface area contributed by atoms with Gasteiger partial charge in [0.05, 0.1) is 5.54 Å². The summed E-state index contributed by atoms with van der Waals surface area (Å²) in [4.78, 5) is 0. The molecule has 0 radical (unpaired) electrons. The van der Waals surface area contributed by atoms with E-state index in [2.05, 4.69) is 14.8 Å². The van der Waals surface area contributed by atoms with Gasteiger partial charge in [-0.05, 0) is 32.1 Å². The van der Waals surface area contributed by atoms with Crippen molar-refractivity contribution in [3.63, 3.8) is 0 Å². The molecule has 1 heterocycles. The van der Waals surface area contributed by atoms with E-state index in [1.807, 2.05) is 6.33 Å². The van der Waals surface area contributed by atoms with E-state index < -0.39 is 0 Å². The van der Waals surface area contributed by atoms with E-state index in [0.29, 0.717) is 6.04 Å². The quantitative estimate of drug-likeness (QED) is 0.830. The monoisotopic (exact) mass is 220 g/mol. The number of rotatable bonds is 2. The Bertz CT molecular complexity index is 361. The zero-order chi connectivity index (χ0) is 11.0. The lowest BCUT2D eigenvalue weighted by atomic mass is 9.76. The van der Waals surface area contributed by atoms with Gasteiger partial charge in [0.2, 0.25) is 0 Å². The molecule has 88 valence electrons. The van der Waals surface area contributed by atoms with Crippen molar-refractivity contribution in [2.45, 2.75) is 62.9 Å². The average Bonchev–Trinajstić information content (AvgIpc) is 2.76. The van der Waals surface area contributed by atoms with Gasteiger partial charge >= 0.3 is 0 Å². The third-order valence-corrected chi connectivity index (χ3v) is 4.23. The van der Waals surface area contributed by atoms with Crippen molar-refractivity contribution in [3.05, 3.63) is 12.2 Å². The second kappa shape index (κ2) is 3.84. The molecule has 0 saturated heterocycles. The van der Waals surface area contributed by atoms with Crippen LogP contribution in [-0.4, -0.2) is 14.8 Å². The molecule has 0 bridgehead atoms. The Balaban J connectivity index is 1.86. The third kappa shape index (κ3) is 1.56. The number of nitrogens with zero attached hydrogens (tertiary/aromatic N) is 3. The van der Waals surface area contributed by atoms with Crippen LogP contribution in [-0.2, 0) is 5.54 Å². The molecule has 2 saturated carbocycles. The average molecular weight is 220 g/mol. The maximum absolute atomic E-state index is 6.35. The van der Waals surface area contributed by atoms with Gasteiger partial charge in [0, 0.05) is 6.04 Å². The molecular weight excluding hydrogens is 200 g/mol. The molecule has 4 nitrogen and oxygen atoms in total. The lowest BCUT2D eigenvalue weighted by Crippen LogP contribution is -2.46. The molecular formula is C12H20N4. The summed E-state index contributed by atoms with van der Waals surface area (Å²) in [7, 11) is 0. The summed E-state index contributed by atoms with van der Waals surface area (Å²) < 4.78 is 2.26. The Labute approximate surface area is 96.2 Å². The number of hydrogen-bond donors (Lipinski definition) is 1. The van der Waals surface area contributed by atoms with Gasteiger partial charge in [-0.3, -0.25) is 0 Å². The summed E-state index contributed by atoms with van der Waals surface area (Å²) in [6.07, 6.45) is 11.8. The molecule has 0 unspecified atom stereocenters. The van der Waals surface area contributed by atoms with Crippen LogP contribution in [0, 0.1) is 0 Å². The van der Waals surface area contributed by atoms with Crippen LogP contribution < -0.4 is 5.73 Å². The van der Waals surface area contributed by atoms with Crippen LogP contribution in [0.4, 0.5) is 0 Å². The van der Waals surface area contributed by atoms with Crippen molar-refractivity contribution in [1.29, 1.82) is 0 Å². The van der Waals surface area contributed by atoms with Crippen LogP contribution in [0.25, 0.3) is 0 Å². The molecule has 3 rings (SSSR count). The van der Waals surface area contributed by atoms with Crippen molar-refractivity contribution >= 4 is 0 Å². The first-order valence-electron chi connectivity index (χ1n) is 6.48. The molecule has 2 fully saturated rings. The summed E-state index contributed by atoms with van der Waals surface area (Å²) in [6, 6.07) is 0.597. The normalized spacial score (nSPS) is 25.3. The second-order valence-corrected chi connectivity index (χ2v) is 5.36. The van der Waals surface area contributed by atoms with Crippen LogP contribution >= 0.6 is 0 Å². The predicted molar refractivity (Wildman–Crippen MR) is 61.9 cm³/mol. The van der Waals surface area contributed by atoms with Crippen LogP contribution in [0.3, 0.4) is 0 Å². The molecule has 1 aromatic heterocycles. The van der Waals surface area contributed by atoms with E-state index in [1.54, 1.807) is 0 Å². The van der Waals surface area contributed by atoms with E-state index in [1.165, 1.54) is 38.5 Å². The van der Waals surface area contributed by atoms with Gasteiger partial charge in [0.1, 0.15) is 6.33 Å². The van der Waals surface area contributed by atoms with E-state index in [4.69, 9.17) is 5.73 Å². The van der Waals surface area contributed by atoms with E-state index >= 15 is 0 Å². The molecule has 1 aromatic rings. The minimum atomic E-state index is -0.173. The topological polar surface area (TPSA) is 56.7 Å². The first kappa shape index (κ1) is 10.3. The maximum atomic E-state index is 6.35. The molecule has 0 atom stereocenters. The third-order valence-electron chi connectivity index (χ3n) is 4.23. The van der Waals surface area contributed by atoms with E-state index in [0.717, 1.165) is 18.7 Å². The van der Waals surface area contributed by atoms with Gasteiger partial charge < -0.3 is 10.3 Å². The number of hydrogen-bond acceptors (Lipinski definition) is 3. The lowest BCUT2D eigenvalue weighted by Gasteiger charge is -2.38. The fourth-order valence-corrected chi connectivity index (χ4v) is 3.01. The molecule has 0 aliphatic heterocycles. The Morgan fingerprint density at radius 2 is 1.94 bits per heavy atom. The fraction of sp³-hybridized carbons (Fsp3) is 0.833. The second-order valence-electron chi connectivity index (χ2n) is 5.36. The molecule has 0 spiro atoms. The van der Waals surface area contributed by atoms with E-state index in [9.17, 15) is 0 Å². The van der Waals surface area contributed by atoms with Gasteiger partial charge in [-0.2, -0.15) is 0 Å². The minimum absolute atomic E-state index is 0.173. The largest absolute Gasteiger partial charge is 0.319 e. The van der Waals surface area contributed by atoms with Crippen LogP contribution in [0.2, 0.25) is 0 Å². The first-order chi connectivity index (χ1) is 7.80. The zero-order valence-electron chi connectivity index (χ0n) is 9.73. The smallest absolute Gasteiger partial charge is 0.153 e.